The van der Waals surface area contributed by atoms with Gasteiger partial charge in [-0.25, -0.2) is 8.78 Å². The molecule has 82 valence electrons. The van der Waals surface area contributed by atoms with E-state index in [1.54, 1.807) is 0 Å². The lowest BCUT2D eigenvalue weighted by Crippen LogP contribution is -2.18. The number of hydrogen-bond donors (Lipinski definition) is 0. The second-order valence-electron chi connectivity index (χ2n) is 3.51. The summed E-state index contributed by atoms with van der Waals surface area (Å²) in [4.78, 5) is 1.87. The van der Waals surface area contributed by atoms with Crippen LogP contribution in [0, 0.1) is 11.6 Å². The average molecular weight is 252 g/mol. The van der Waals surface area contributed by atoms with Gasteiger partial charge in [0.05, 0.1) is 5.69 Å². The molecule has 2 rings (SSSR count). The first-order valence-corrected chi connectivity index (χ1v) is 5.45. The minimum absolute atomic E-state index is 0.0942. The molecule has 0 aliphatic carbocycles. The molecule has 0 bridgehead atoms. The molecular weight excluding hydrogens is 243 g/mol. The minimum atomic E-state index is -0.875. The molecule has 0 saturated carbocycles. The maximum atomic E-state index is 13.4. The van der Waals surface area contributed by atoms with Gasteiger partial charge in [0.2, 0.25) is 0 Å². The summed E-state index contributed by atoms with van der Waals surface area (Å²) in [7, 11) is 0. The van der Waals surface area contributed by atoms with Crippen molar-refractivity contribution in [1.82, 2.24) is 0 Å². The molecule has 0 atom stereocenters. The second-order valence-corrected chi connectivity index (χ2v) is 4.27. The minimum Gasteiger partial charge on any atom is -0.370 e. The third-order valence-corrected chi connectivity index (χ3v) is 3.24. The zero-order valence-electron chi connectivity index (χ0n) is 7.86. The first kappa shape index (κ1) is 11.0. The van der Waals surface area contributed by atoms with Gasteiger partial charge in [-0.15, -0.1) is 0 Å². The zero-order valence-corrected chi connectivity index (χ0v) is 9.38. The van der Waals surface area contributed by atoms with Gasteiger partial charge in [0, 0.05) is 19.2 Å². The Balaban J connectivity index is 2.47. The van der Waals surface area contributed by atoms with Crippen LogP contribution in [-0.4, -0.2) is 13.1 Å². The number of anilines is 1. The Hall–Kier alpha value is -0.540. The van der Waals surface area contributed by atoms with Crippen LogP contribution in [-0.2, 0) is 0 Å². The molecule has 1 fully saturated rings. The molecule has 0 unspecified atom stereocenters. The van der Waals surface area contributed by atoms with Crippen molar-refractivity contribution in [1.29, 1.82) is 0 Å². The predicted molar refractivity (Wildman–Crippen MR) is 57.8 cm³/mol. The van der Waals surface area contributed by atoms with Crippen molar-refractivity contribution >= 4 is 28.9 Å². The number of nitrogens with zero attached hydrogens (tertiary/aromatic N) is 1. The standard InChI is InChI=1S/C10H9Cl2F2N/c11-8-6(13)5-7(9(12)10(8)14)15-3-1-2-4-15/h5H,1-4H2. The van der Waals surface area contributed by atoms with Crippen LogP contribution in [0.2, 0.25) is 10.0 Å². The second kappa shape index (κ2) is 4.14. The molecule has 0 N–H and O–H groups in total. The summed E-state index contributed by atoms with van der Waals surface area (Å²) in [6.07, 6.45) is 2.03. The largest absolute Gasteiger partial charge is 0.370 e. The van der Waals surface area contributed by atoms with E-state index >= 15 is 0 Å². The van der Waals surface area contributed by atoms with Crippen molar-refractivity contribution in [3.05, 3.63) is 27.7 Å². The number of rotatable bonds is 1. The summed E-state index contributed by atoms with van der Waals surface area (Å²) in [6, 6.07) is 1.19. The van der Waals surface area contributed by atoms with Crippen LogP contribution in [0.4, 0.5) is 14.5 Å². The summed E-state index contributed by atoms with van der Waals surface area (Å²) in [5, 5.41) is -0.633. The van der Waals surface area contributed by atoms with E-state index in [1.165, 1.54) is 6.07 Å². The molecule has 1 aliphatic rings. The Bertz CT molecular complexity index is 389. The summed E-state index contributed by atoms with van der Waals surface area (Å²) in [5.41, 5.74) is 0.397. The third kappa shape index (κ3) is 1.91. The van der Waals surface area contributed by atoms with Crippen molar-refractivity contribution in [2.45, 2.75) is 12.8 Å². The van der Waals surface area contributed by atoms with E-state index in [0.717, 1.165) is 25.9 Å². The van der Waals surface area contributed by atoms with Crippen LogP contribution in [0.15, 0.2) is 6.07 Å². The Labute approximate surface area is 96.6 Å². The van der Waals surface area contributed by atoms with E-state index in [1.807, 2.05) is 4.90 Å². The van der Waals surface area contributed by atoms with E-state index in [-0.39, 0.29) is 5.02 Å². The van der Waals surface area contributed by atoms with E-state index < -0.39 is 16.7 Å². The average Bonchev–Trinajstić information content (AvgIpc) is 2.73. The molecule has 1 nitrogen and oxygen atoms in total. The van der Waals surface area contributed by atoms with E-state index in [9.17, 15) is 8.78 Å². The molecule has 1 aromatic rings. The maximum Gasteiger partial charge on any atom is 0.165 e. The van der Waals surface area contributed by atoms with Gasteiger partial charge in [-0.3, -0.25) is 0 Å². The smallest absolute Gasteiger partial charge is 0.165 e. The van der Waals surface area contributed by atoms with Crippen molar-refractivity contribution in [2.24, 2.45) is 0 Å². The lowest BCUT2D eigenvalue weighted by molar-refractivity contribution is 0.583. The molecule has 1 heterocycles. The molecule has 1 aromatic carbocycles. The molecule has 15 heavy (non-hydrogen) atoms. The summed E-state index contributed by atoms with van der Waals surface area (Å²) >= 11 is 11.2. The van der Waals surface area contributed by atoms with E-state index in [4.69, 9.17) is 23.2 Å². The molecule has 0 aromatic heterocycles. The van der Waals surface area contributed by atoms with Crippen LogP contribution in [0.25, 0.3) is 0 Å². The highest BCUT2D eigenvalue weighted by molar-refractivity contribution is 6.36. The predicted octanol–water partition coefficient (Wildman–Crippen LogP) is 3.87. The molecule has 1 saturated heterocycles. The quantitative estimate of drug-likeness (QED) is 0.541. The fourth-order valence-corrected chi connectivity index (χ4v) is 2.21. The Morgan fingerprint density at radius 3 is 2.27 bits per heavy atom. The van der Waals surface area contributed by atoms with E-state index in [0.29, 0.717) is 5.69 Å². The summed E-state index contributed by atoms with van der Waals surface area (Å²) in [6.45, 7) is 1.56. The lowest BCUT2D eigenvalue weighted by Gasteiger charge is -2.19. The van der Waals surface area contributed by atoms with Crippen LogP contribution in [0.1, 0.15) is 12.8 Å². The van der Waals surface area contributed by atoms with Gasteiger partial charge in [-0.05, 0) is 12.8 Å². The van der Waals surface area contributed by atoms with Crippen LogP contribution >= 0.6 is 23.2 Å². The maximum absolute atomic E-state index is 13.4. The molecule has 0 radical (unpaired) electrons. The highest BCUT2D eigenvalue weighted by atomic mass is 35.5. The number of halogens is 4. The normalized spacial score (nSPS) is 16.1. The Morgan fingerprint density at radius 2 is 1.67 bits per heavy atom. The molecular formula is C10H9Cl2F2N. The van der Waals surface area contributed by atoms with Gasteiger partial charge < -0.3 is 4.90 Å². The van der Waals surface area contributed by atoms with Crippen molar-refractivity contribution < 1.29 is 8.78 Å². The van der Waals surface area contributed by atoms with Gasteiger partial charge in [-0.2, -0.15) is 0 Å². The Kier molecular flexibility index (Phi) is 3.03. The first-order valence-electron chi connectivity index (χ1n) is 4.69. The lowest BCUT2D eigenvalue weighted by atomic mass is 10.2. The topological polar surface area (TPSA) is 3.24 Å². The van der Waals surface area contributed by atoms with Crippen LogP contribution in [0.3, 0.4) is 0 Å². The van der Waals surface area contributed by atoms with Crippen molar-refractivity contribution in [3.8, 4) is 0 Å². The van der Waals surface area contributed by atoms with Crippen molar-refractivity contribution in [2.75, 3.05) is 18.0 Å². The van der Waals surface area contributed by atoms with Gasteiger partial charge in [0.1, 0.15) is 15.9 Å². The zero-order chi connectivity index (χ0) is 11.0. The number of benzene rings is 1. The van der Waals surface area contributed by atoms with Crippen LogP contribution in [0.5, 0.6) is 0 Å². The molecule has 5 heteroatoms. The van der Waals surface area contributed by atoms with Crippen LogP contribution < -0.4 is 4.90 Å². The summed E-state index contributed by atoms with van der Waals surface area (Å²) in [5.74, 6) is -1.64. The fraction of sp³-hybridized carbons (Fsp3) is 0.400. The SMILES string of the molecule is Fc1cc(N2CCCC2)c(Cl)c(F)c1Cl. The molecule has 0 spiro atoms. The van der Waals surface area contributed by atoms with Gasteiger partial charge in [0.15, 0.2) is 5.82 Å². The molecule has 0 amide bonds. The van der Waals surface area contributed by atoms with E-state index in [2.05, 4.69) is 0 Å². The monoisotopic (exact) mass is 251 g/mol. The third-order valence-electron chi connectivity index (χ3n) is 2.53. The first-order chi connectivity index (χ1) is 7.11. The highest BCUT2D eigenvalue weighted by Crippen LogP contribution is 2.36. The van der Waals surface area contributed by atoms with Gasteiger partial charge >= 0.3 is 0 Å². The summed E-state index contributed by atoms with van der Waals surface area (Å²) < 4.78 is 26.6. The van der Waals surface area contributed by atoms with Gasteiger partial charge in [-0.1, -0.05) is 23.2 Å². The Morgan fingerprint density at radius 1 is 1.07 bits per heavy atom. The molecule has 1 aliphatic heterocycles. The van der Waals surface area contributed by atoms with Gasteiger partial charge in [0.25, 0.3) is 0 Å². The van der Waals surface area contributed by atoms with Crippen molar-refractivity contribution in [3.63, 3.8) is 0 Å². The number of hydrogen-bond acceptors (Lipinski definition) is 1. The highest BCUT2D eigenvalue weighted by Gasteiger charge is 2.21. The fourth-order valence-electron chi connectivity index (χ4n) is 1.75.